The van der Waals surface area contributed by atoms with Crippen molar-refractivity contribution in [2.45, 2.75) is 44.7 Å². The minimum Gasteiger partial charge on any atom is -0.419 e. The van der Waals surface area contributed by atoms with E-state index in [1.54, 1.807) is 22.9 Å². The predicted octanol–water partition coefficient (Wildman–Crippen LogP) is 4.23. The summed E-state index contributed by atoms with van der Waals surface area (Å²) >= 11 is 0. The topological polar surface area (TPSA) is 98.1 Å². The number of rotatable bonds is 8. The molecule has 0 spiro atoms. The van der Waals surface area contributed by atoms with E-state index in [1.807, 2.05) is 13.0 Å². The highest BCUT2D eigenvalue weighted by Crippen LogP contribution is 2.33. The first kappa shape index (κ1) is 26.9. The molecular formula is C22H21F6N5O3S. The van der Waals surface area contributed by atoms with E-state index in [9.17, 15) is 34.8 Å². The van der Waals surface area contributed by atoms with Crippen LogP contribution in [0.4, 0.5) is 26.3 Å². The summed E-state index contributed by atoms with van der Waals surface area (Å²) < 4.78 is 110. The number of benzene rings is 1. The molecule has 15 heteroatoms. The summed E-state index contributed by atoms with van der Waals surface area (Å²) in [5.74, 6) is 0.0505. The van der Waals surface area contributed by atoms with Gasteiger partial charge in [-0.1, -0.05) is 12.1 Å². The summed E-state index contributed by atoms with van der Waals surface area (Å²) in [6, 6.07) is 8.35. The van der Waals surface area contributed by atoms with Gasteiger partial charge in [-0.15, -0.1) is 5.10 Å². The Hall–Kier alpha value is -3.17. The van der Waals surface area contributed by atoms with E-state index >= 15 is 0 Å². The van der Waals surface area contributed by atoms with Gasteiger partial charge in [0.25, 0.3) is 10.2 Å². The maximum Gasteiger partial charge on any atom is 0.417 e. The van der Waals surface area contributed by atoms with E-state index in [2.05, 4.69) is 14.8 Å². The van der Waals surface area contributed by atoms with Crippen molar-refractivity contribution in [3.05, 3.63) is 59.3 Å². The van der Waals surface area contributed by atoms with Crippen molar-refractivity contribution < 1.29 is 39.5 Å². The fraction of sp³-hybridized carbons (Fsp3) is 0.364. The first-order chi connectivity index (χ1) is 17.2. The van der Waals surface area contributed by atoms with Gasteiger partial charge in [-0.2, -0.15) is 44.2 Å². The van der Waals surface area contributed by atoms with Gasteiger partial charge in [0, 0.05) is 36.5 Å². The molecule has 0 bridgehead atoms. The second kappa shape index (κ2) is 9.95. The molecule has 4 rings (SSSR count). The van der Waals surface area contributed by atoms with Crippen LogP contribution in [-0.2, 0) is 35.8 Å². The molecule has 2 aromatic heterocycles. The van der Waals surface area contributed by atoms with Gasteiger partial charge in [0.15, 0.2) is 0 Å². The van der Waals surface area contributed by atoms with Gasteiger partial charge in [0.1, 0.15) is 6.54 Å². The van der Waals surface area contributed by atoms with Crippen LogP contribution in [0.1, 0.15) is 23.6 Å². The van der Waals surface area contributed by atoms with E-state index in [0.29, 0.717) is 24.9 Å². The molecule has 37 heavy (non-hydrogen) atoms. The van der Waals surface area contributed by atoms with Gasteiger partial charge in [0.05, 0.1) is 11.3 Å². The smallest absolute Gasteiger partial charge is 0.417 e. The Balaban J connectivity index is 1.47. The highest BCUT2D eigenvalue weighted by atomic mass is 32.2. The van der Waals surface area contributed by atoms with E-state index in [4.69, 9.17) is 4.74 Å². The zero-order chi connectivity index (χ0) is 27.0. The Kier molecular flexibility index (Phi) is 7.23. The van der Waals surface area contributed by atoms with Crippen LogP contribution in [0.5, 0.6) is 11.8 Å². The van der Waals surface area contributed by atoms with Crippen molar-refractivity contribution in [3.63, 3.8) is 0 Å². The van der Waals surface area contributed by atoms with E-state index in [-0.39, 0.29) is 18.2 Å². The molecule has 1 aliphatic carbocycles. The van der Waals surface area contributed by atoms with Gasteiger partial charge < -0.3 is 4.74 Å². The Bertz CT molecular complexity index is 1370. The van der Waals surface area contributed by atoms with Crippen molar-refractivity contribution in [2.75, 3.05) is 6.54 Å². The third kappa shape index (κ3) is 6.78. The molecule has 2 N–H and O–H groups in total. The average Bonchev–Trinajstić information content (AvgIpc) is 3.39. The molecule has 0 saturated carbocycles. The number of hydrogen-bond acceptors (Lipinski definition) is 5. The third-order valence-corrected chi connectivity index (χ3v) is 6.72. The fourth-order valence-corrected chi connectivity index (χ4v) is 4.97. The molecule has 8 nitrogen and oxygen atoms in total. The number of hydrogen-bond donors (Lipinski definition) is 2. The average molecular weight is 549 g/mol. The maximum atomic E-state index is 12.7. The summed E-state index contributed by atoms with van der Waals surface area (Å²) in [7, 11) is -4.35. The molecule has 3 aromatic rings. The Morgan fingerprint density at radius 1 is 1.03 bits per heavy atom. The highest BCUT2D eigenvalue weighted by Gasteiger charge is 2.32. The first-order valence-electron chi connectivity index (χ1n) is 11.0. The summed E-state index contributed by atoms with van der Waals surface area (Å²) in [5, 5.41) is 4.31. The molecule has 200 valence electrons. The largest absolute Gasteiger partial charge is 0.419 e. The second-order valence-corrected chi connectivity index (χ2v) is 9.85. The number of alkyl halides is 6. The molecule has 0 amide bonds. The van der Waals surface area contributed by atoms with Crippen LogP contribution in [-0.4, -0.2) is 41.9 Å². The van der Waals surface area contributed by atoms with Crippen LogP contribution in [0.15, 0.2) is 42.6 Å². The fourth-order valence-electron chi connectivity index (χ4n) is 3.93. The molecule has 0 fully saturated rings. The second-order valence-electron chi connectivity index (χ2n) is 8.31. The lowest BCUT2D eigenvalue weighted by Crippen LogP contribution is -2.46. The lowest BCUT2D eigenvalue weighted by molar-refractivity contribution is -0.137. The summed E-state index contributed by atoms with van der Waals surface area (Å²) in [6.45, 7) is 0.617. The number of aromatic nitrogens is 3. The quantitative estimate of drug-likeness (QED) is 0.410. The minimum absolute atomic E-state index is 0.0662. The Labute approximate surface area is 207 Å². The number of pyridine rings is 1. The van der Waals surface area contributed by atoms with Gasteiger partial charge in [0.2, 0.25) is 11.8 Å². The molecule has 1 unspecified atom stereocenters. The van der Waals surface area contributed by atoms with Crippen molar-refractivity contribution in [2.24, 2.45) is 0 Å². The Morgan fingerprint density at radius 3 is 2.38 bits per heavy atom. The molecule has 0 aliphatic heterocycles. The number of nitrogens with zero attached hydrogens (tertiary/aromatic N) is 3. The normalized spacial score (nSPS) is 16.1. The van der Waals surface area contributed by atoms with Crippen LogP contribution in [0.2, 0.25) is 0 Å². The Morgan fingerprint density at radius 2 is 1.76 bits per heavy atom. The molecular weight excluding hydrogens is 528 g/mol. The predicted molar refractivity (Wildman–Crippen MR) is 120 cm³/mol. The van der Waals surface area contributed by atoms with Gasteiger partial charge in [-0.25, -0.2) is 4.98 Å². The summed E-state index contributed by atoms with van der Waals surface area (Å²) in [4.78, 5) is 3.67. The van der Waals surface area contributed by atoms with Gasteiger partial charge >= 0.3 is 12.4 Å². The van der Waals surface area contributed by atoms with Gasteiger partial charge in [-0.05, 0) is 43.0 Å². The van der Waals surface area contributed by atoms with Gasteiger partial charge in [-0.3, -0.25) is 4.68 Å². The van der Waals surface area contributed by atoms with Crippen LogP contribution in [0.25, 0.3) is 11.3 Å². The maximum absolute atomic E-state index is 12.7. The van der Waals surface area contributed by atoms with Crippen LogP contribution >= 0.6 is 0 Å². The van der Waals surface area contributed by atoms with Crippen molar-refractivity contribution in [1.29, 1.82) is 0 Å². The number of fused-ring (bicyclic) bond motifs is 1. The SMILES string of the molecule is CCn1nc(Oc2ccc(C(F)(F)F)cn2)cc1-c1ccc2c(c1)CC(NS(=O)(=O)NCC(F)(F)F)C2. The minimum atomic E-state index is -4.67. The van der Waals surface area contributed by atoms with Crippen LogP contribution < -0.4 is 14.2 Å². The molecule has 1 aliphatic rings. The zero-order valence-electron chi connectivity index (χ0n) is 19.2. The highest BCUT2D eigenvalue weighted by molar-refractivity contribution is 7.87. The molecule has 0 radical (unpaired) electrons. The standard InChI is InChI=1S/C22H21F6N5O3S/c1-2-33-18(10-20(31-33)36-19-6-5-16(11-29-19)22(26,27)28)14-4-3-13-8-17(9-15(13)7-14)32-37(34,35)30-12-21(23,24)25/h3-7,10-11,17,30,32H,2,8-9,12H2,1H3. The molecule has 1 aromatic carbocycles. The summed E-state index contributed by atoms with van der Waals surface area (Å²) in [5.41, 5.74) is 2.12. The van der Waals surface area contributed by atoms with E-state index in [0.717, 1.165) is 28.8 Å². The van der Waals surface area contributed by atoms with E-state index < -0.39 is 40.7 Å². The lowest BCUT2D eigenvalue weighted by Gasteiger charge is -2.14. The first-order valence-corrected chi connectivity index (χ1v) is 12.5. The van der Waals surface area contributed by atoms with Crippen LogP contribution in [0, 0.1) is 0 Å². The molecule has 1 atom stereocenters. The number of halogens is 6. The monoisotopic (exact) mass is 549 g/mol. The van der Waals surface area contributed by atoms with Crippen LogP contribution in [0.3, 0.4) is 0 Å². The third-order valence-electron chi connectivity index (χ3n) is 5.55. The molecule has 2 heterocycles. The number of nitrogens with one attached hydrogen (secondary N) is 2. The summed E-state index contributed by atoms with van der Waals surface area (Å²) in [6.07, 6.45) is -7.94. The zero-order valence-corrected chi connectivity index (χ0v) is 20.0. The van der Waals surface area contributed by atoms with E-state index in [1.165, 1.54) is 4.72 Å². The van der Waals surface area contributed by atoms with Crippen molar-refractivity contribution in [1.82, 2.24) is 24.2 Å². The van der Waals surface area contributed by atoms with Crippen molar-refractivity contribution in [3.8, 4) is 23.0 Å². The molecule has 0 saturated heterocycles. The number of ether oxygens (including phenoxy) is 1. The lowest BCUT2D eigenvalue weighted by atomic mass is 10.0. The number of aryl methyl sites for hydroxylation is 1. The van der Waals surface area contributed by atoms with Crippen molar-refractivity contribution >= 4 is 10.2 Å².